The van der Waals surface area contributed by atoms with Crippen LogP contribution in [0.2, 0.25) is 0 Å². The van der Waals surface area contributed by atoms with Crippen LogP contribution in [0.4, 0.5) is 4.39 Å². The van der Waals surface area contributed by atoms with Gasteiger partial charge in [-0.2, -0.15) is 0 Å². The molecule has 0 aliphatic rings. The van der Waals surface area contributed by atoms with Crippen LogP contribution in [-0.2, 0) is 29.1 Å². The van der Waals surface area contributed by atoms with Crippen LogP contribution in [0.15, 0.2) is 66.0 Å². The molecule has 3 aromatic rings. The van der Waals surface area contributed by atoms with Gasteiger partial charge in [0.1, 0.15) is 5.82 Å². The Bertz CT molecular complexity index is 1020. The van der Waals surface area contributed by atoms with Gasteiger partial charge in [0.05, 0.1) is 19.5 Å². The third-order valence-electron chi connectivity index (χ3n) is 5.31. The van der Waals surface area contributed by atoms with Crippen molar-refractivity contribution in [2.24, 2.45) is 0 Å². The molecule has 0 radical (unpaired) electrons. The summed E-state index contributed by atoms with van der Waals surface area (Å²) in [5.74, 6) is -0.538. The molecule has 3 rings (SSSR count). The molecule has 0 fully saturated rings. The Labute approximate surface area is 193 Å². The third kappa shape index (κ3) is 6.76. The first-order chi connectivity index (χ1) is 15.5. The normalized spacial score (nSPS) is 10.7. The van der Waals surface area contributed by atoms with Gasteiger partial charge < -0.3 is 9.80 Å². The van der Waals surface area contributed by atoms with Crippen molar-refractivity contribution >= 4 is 23.2 Å². The van der Waals surface area contributed by atoms with Crippen LogP contribution < -0.4 is 0 Å². The van der Waals surface area contributed by atoms with Crippen LogP contribution in [0.25, 0.3) is 0 Å². The van der Waals surface area contributed by atoms with Crippen molar-refractivity contribution < 1.29 is 14.0 Å². The molecule has 168 valence electrons. The smallest absolute Gasteiger partial charge is 0.242 e. The second-order valence-corrected chi connectivity index (χ2v) is 8.88. The minimum absolute atomic E-state index is 0.0329. The fraction of sp³-hybridized carbons (Fsp3) is 0.308. The van der Waals surface area contributed by atoms with Gasteiger partial charge in [-0.1, -0.05) is 49.4 Å². The number of thiophene rings is 1. The molecule has 2 aromatic carbocycles. The molecule has 0 N–H and O–H groups in total. The molecule has 0 saturated carbocycles. The number of amides is 2. The zero-order chi connectivity index (χ0) is 22.9. The summed E-state index contributed by atoms with van der Waals surface area (Å²) < 4.78 is 13.2. The topological polar surface area (TPSA) is 40.6 Å². The van der Waals surface area contributed by atoms with Crippen LogP contribution in [0.5, 0.6) is 0 Å². The van der Waals surface area contributed by atoms with Crippen molar-refractivity contribution in [3.05, 3.63) is 93.4 Å². The van der Waals surface area contributed by atoms with E-state index in [0.717, 1.165) is 22.4 Å². The molecule has 0 bridgehead atoms. The fourth-order valence-electron chi connectivity index (χ4n) is 3.49. The van der Waals surface area contributed by atoms with E-state index in [-0.39, 0.29) is 30.6 Å². The molecular weight excluding hydrogens is 423 g/mol. The van der Waals surface area contributed by atoms with E-state index in [0.29, 0.717) is 19.6 Å². The van der Waals surface area contributed by atoms with E-state index in [1.165, 1.54) is 17.7 Å². The number of carbonyl (C=O) groups excluding carboxylic acids is 2. The maximum atomic E-state index is 13.4. The van der Waals surface area contributed by atoms with Crippen molar-refractivity contribution in [2.75, 3.05) is 13.1 Å². The molecular formula is C26H29FN2O2S. The highest BCUT2D eigenvalue weighted by molar-refractivity contribution is 7.10. The quantitative estimate of drug-likeness (QED) is 0.424. The average molecular weight is 453 g/mol. The van der Waals surface area contributed by atoms with Crippen LogP contribution in [0, 0.1) is 12.7 Å². The first kappa shape index (κ1) is 23.7. The summed E-state index contributed by atoms with van der Waals surface area (Å²) in [6, 6.07) is 17.9. The van der Waals surface area contributed by atoms with E-state index in [1.54, 1.807) is 28.4 Å². The minimum atomic E-state index is -0.331. The maximum Gasteiger partial charge on any atom is 0.242 e. The molecule has 0 saturated heterocycles. The zero-order valence-electron chi connectivity index (χ0n) is 18.6. The van der Waals surface area contributed by atoms with Gasteiger partial charge in [-0.3, -0.25) is 9.59 Å². The molecule has 0 spiro atoms. The molecule has 0 unspecified atom stereocenters. The monoisotopic (exact) mass is 452 g/mol. The predicted molar refractivity (Wildman–Crippen MR) is 127 cm³/mol. The van der Waals surface area contributed by atoms with Crippen molar-refractivity contribution in [3.8, 4) is 0 Å². The molecule has 2 amide bonds. The Kier molecular flexibility index (Phi) is 8.56. The number of nitrogens with zero attached hydrogens (tertiary/aromatic N) is 2. The highest BCUT2D eigenvalue weighted by Gasteiger charge is 2.22. The standard InChI is InChI=1S/C26H29FN2O2S/c1-3-14-28(25(30)16-21-9-11-23(27)12-10-21)19-26(31)29(17-22-7-5-4-6-8-22)18-24-20(2)13-15-32-24/h4-13,15H,3,14,16-19H2,1-2H3. The Hall–Kier alpha value is -2.99. The lowest BCUT2D eigenvalue weighted by Gasteiger charge is -2.28. The van der Waals surface area contributed by atoms with E-state index in [2.05, 4.69) is 6.07 Å². The summed E-state index contributed by atoms with van der Waals surface area (Å²) in [4.78, 5) is 30.9. The van der Waals surface area contributed by atoms with E-state index in [4.69, 9.17) is 0 Å². The van der Waals surface area contributed by atoms with E-state index >= 15 is 0 Å². The second kappa shape index (κ2) is 11.6. The lowest BCUT2D eigenvalue weighted by molar-refractivity contribution is -0.141. The average Bonchev–Trinajstić information content (AvgIpc) is 3.19. The van der Waals surface area contributed by atoms with Crippen LogP contribution in [0.1, 0.15) is 34.9 Å². The molecule has 0 aliphatic heterocycles. The Morgan fingerprint density at radius 1 is 0.875 bits per heavy atom. The minimum Gasteiger partial charge on any atom is -0.333 e. The van der Waals surface area contributed by atoms with Gasteiger partial charge in [-0.15, -0.1) is 11.3 Å². The highest BCUT2D eigenvalue weighted by Crippen LogP contribution is 2.20. The van der Waals surface area contributed by atoms with E-state index in [9.17, 15) is 14.0 Å². The number of carbonyl (C=O) groups is 2. The number of hydrogen-bond acceptors (Lipinski definition) is 3. The maximum absolute atomic E-state index is 13.4. The van der Waals surface area contributed by atoms with Crippen molar-refractivity contribution in [1.29, 1.82) is 0 Å². The number of hydrogen-bond donors (Lipinski definition) is 0. The molecule has 1 heterocycles. The predicted octanol–water partition coefficient (Wildman–Crippen LogP) is 5.21. The SMILES string of the molecule is CCCN(CC(=O)N(Cc1ccccc1)Cc1sccc1C)C(=O)Cc1ccc(F)cc1. The largest absolute Gasteiger partial charge is 0.333 e. The van der Waals surface area contributed by atoms with Gasteiger partial charge in [0.2, 0.25) is 11.8 Å². The number of halogens is 1. The van der Waals surface area contributed by atoms with Gasteiger partial charge in [-0.05, 0) is 53.6 Å². The Balaban J connectivity index is 1.73. The summed E-state index contributed by atoms with van der Waals surface area (Å²) in [5, 5.41) is 2.03. The third-order valence-corrected chi connectivity index (χ3v) is 6.32. The van der Waals surface area contributed by atoms with Gasteiger partial charge in [0, 0.05) is 18.0 Å². The first-order valence-corrected chi connectivity index (χ1v) is 11.7. The Morgan fingerprint density at radius 3 is 2.22 bits per heavy atom. The molecule has 0 aliphatic carbocycles. The van der Waals surface area contributed by atoms with Gasteiger partial charge in [0.15, 0.2) is 0 Å². The molecule has 6 heteroatoms. The molecule has 4 nitrogen and oxygen atoms in total. The van der Waals surface area contributed by atoms with Crippen molar-refractivity contribution in [1.82, 2.24) is 9.80 Å². The summed E-state index contributed by atoms with van der Waals surface area (Å²) >= 11 is 1.64. The van der Waals surface area contributed by atoms with Gasteiger partial charge in [-0.25, -0.2) is 4.39 Å². The lowest BCUT2D eigenvalue weighted by Crippen LogP contribution is -2.43. The van der Waals surface area contributed by atoms with Crippen molar-refractivity contribution in [3.63, 3.8) is 0 Å². The first-order valence-electron chi connectivity index (χ1n) is 10.8. The molecule has 32 heavy (non-hydrogen) atoms. The summed E-state index contributed by atoms with van der Waals surface area (Å²) in [6.45, 7) is 5.58. The zero-order valence-corrected chi connectivity index (χ0v) is 19.4. The summed E-state index contributed by atoms with van der Waals surface area (Å²) in [7, 11) is 0. The number of rotatable bonds is 10. The summed E-state index contributed by atoms with van der Waals surface area (Å²) in [6.07, 6.45) is 0.904. The van der Waals surface area contributed by atoms with Crippen LogP contribution >= 0.6 is 11.3 Å². The van der Waals surface area contributed by atoms with E-state index < -0.39 is 0 Å². The van der Waals surface area contributed by atoms with Gasteiger partial charge in [0.25, 0.3) is 0 Å². The summed E-state index contributed by atoms with van der Waals surface area (Å²) in [5.41, 5.74) is 2.95. The van der Waals surface area contributed by atoms with Crippen LogP contribution in [0.3, 0.4) is 0 Å². The van der Waals surface area contributed by atoms with E-state index in [1.807, 2.05) is 54.5 Å². The highest BCUT2D eigenvalue weighted by atomic mass is 32.1. The van der Waals surface area contributed by atoms with Crippen LogP contribution in [-0.4, -0.2) is 34.7 Å². The van der Waals surface area contributed by atoms with Crippen molar-refractivity contribution in [2.45, 2.75) is 39.8 Å². The fourth-order valence-corrected chi connectivity index (χ4v) is 4.41. The Morgan fingerprint density at radius 2 is 1.59 bits per heavy atom. The van der Waals surface area contributed by atoms with Gasteiger partial charge >= 0.3 is 0 Å². The molecule has 0 atom stereocenters. The number of aryl methyl sites for hydroxylation is 1. The lowest BCUT2D eigenvalue weighted by atomic mass is 10.1. The second-order valence-electron chi connectivity index (χ2n) is 7.88. The molecule has 1 aromatic heterocycles. The number of benzene rings is 2.